The van der Waals surface area contributed by atoms with E-state index < -0.39 is 0 Å². The number of nitrogens with one attached hydrogen (secondary N) is 1. The van der Waals surface area contributed by atoms with Crippen molar-refractivity contribution in [3.8, 4) is 0 Å². The van der Waals surface area contributed by atoms with Crippen LogP contribution in [0.1, 0.15) is 32.4 Å². The third-order valence-corrected chi connectivity index (χ3v) is 4.48. The fourth-order valence-electron chi connectivity index (χ4n) is 2.89. The Morgan fingerprint density at radius 3 is 2.78 bits per heavy atom. The standard InChI is InChI=1S/C15H23N3/c1-14(2)10-16-11-15(6-7-15)12-18(14)9-13-5-3-4-8-17-13/h3-5,8,16H,6-7,9-12H2,1-2H3. The maximum Gasteiger partial charge on any atom is 0.0544 e. The van der Waals surface area contributed by atoms with Gasteiger partial charge in [0.1, 0.15) is 0 Å². The minimum absolute atomic E-state index is 0.212. The topological polar surface area (TPSA) is 28.2 Å². The summed E-state index contributed by atoms with van der Waals surface area (Å²) in [6.45, 7) is 9.12. The highest BCUT2D eigenvalue weighted by atomic mass is 15.2. The van der Waals surface area contributed by atoms with Crippen molar-refractivity contribution >= 4 is 0 Å². The Morgan fingerprint density at radius 2 is 2.11 bits per heavy atom. The van der Waals surface area contributed by atoms with Gasteiger partial charge >= 0.3 is 0 Å². The van der Waals surface area contributed by atoms with Crippen LogP contribution in [0.2, 0.25) is 0 Å². The lowest BCUT2D eigenvalue weighted by Gasteiger charge is -2.37. The molecule has 0 atom stereocenters. The van der Waals surface area contributed by atoms with E-state index in [-0.39, 0.29) is 5.54 Å². The molecule has 98 valence electrons. The third kappa shape index (κ3) is 2.43. The van der Waals surface area contributed by atoms with Crippen LogP contribution in [0.5, 0.6) is 0 Å². The second kappa shape index (κ2) is 4.32. The Labute approximate surface area is 110 Å². The van der Waals surface area contributed by atoms with Crippen molar-refractivity contribution in [2.45, 2.75) is 38.8 Å². The summed E-state index contributed by atoms with van der Waals surface area (Å²) >= 11 is 0. The molecule has 3 nitrogen and oxygen atoms in total. The first kappa shape index (κ1) is 12.1. The van der Waals surface area contributed by atoms with Crippen molar-refractivity contribution in [3.05, 3.63) is 30.1 Å². The van der Waals surface area contributed by atoms with Crippen LogP contribution < -0.4 is 5.32 Å². The average molecular weight is 245 g/mol. The van der Waals surface area contributed by atoms with E-state index in [9.17, 15) is 0 Å². The Bertz CT molecular complexity index is 409. The maximum absolute atomic E-state index is 4.48. The normalized spacial score (nSPS) is 25.9. The van der Waals surface area contributed by atoms with Crippen LogP contribution in [0, 0.1) is 5.41 Å². The summed E-state index contributed by atoms with van der Waals surface area (Å²) in [7, 11) is 0. The van der Waals surface area contributed by atoms with Crippen LogP contribution in [-0.2, 0) is 6.54 Å². The predicted molar refractivity (Wildman–Crippen MR) is 73.3 cm³/mol. The highest BCUT2D eigenvalue weighted by molar-refractivity contribution is 5.08. The summed E-state index contributed by atoms with van der Waals surface area (Å²) in [4.78, 5) is 7.09. The largest absolute Gasteiger partial charge is 0.314 e. The molecule has 0 unspecified atom stereocenters. The molecule has 3 heteroatoms. The molecule has 1 aliphatic heterocycles. The SMILES string of the molecule is CC1(C)CNCC2(CC2)CN1Cc1ccccn1. The van der Waals surface area contributed by atoms with Crippen molar-refractivity contribution in [2.24, 2.45) is 5.41 Å². The van der Waals surface area contributed by atoms with Gasteiger partial charge in [0.15, 0.2) is 0 Å². The second-order valence-corrected chi connectivity index (χ2v) is 6.59. The van der Waals surface area contributed by atoms with E-state index in [0.717, 1.165) is 13.1 Å². The lowest BCUT2D eigenvalue weighted by Crippen LogP contribution is -2.48. The van der Waals surface area contributed by atoms with Crippen molar-refractivity contribution in [3.63, 3.8) is 0 Å². The molecule has 1 N–H and O–H groups in total. The van der Waals surface area contributed by atoms with Gasteiger partial charge in [0.25, 0.3) is 0 Å². The fraction of sp³-hybridized carbons (Fsp3) is 0.667. The number of pyridine rings is 1. The van der Waals surface area contributed by atoms with Gasteiger partial charge < -0.3 is 5.32 Å². The minimum atomic E-state index is 0.212. The Morgan fingerprint density at radius 1 is 1.28 bits per heavy atom. The first-order chi connectivity index (χ1) is 8.60. The van der Waals surface area contributed by atoms with Crippen molar-refractivity contribution in [2.75, 3.05) is 19.6 Å². The van der Waals surface area contributed by atoms with Gasteiger partial charge in [-0.3, -0.25) is 9.88 Å². The molecule has 3 rings (SSSR count). The molecule has 2 aliphatic rings. The zero-order valence-electron chi connectivity index (χ0n) is 11.4. The number of nitrogens with zero attached hydrogens (tertiary/aromatic N) is 2. The van der Waals surface area contributed by atoms with Crippen LogP contribution in [0.15, 0.2) is 24.4 Å². The molecular weight excluding hydrogens is 222 g/mol. The number of hydrogen-bond donors (Lipinski definition) is 1. The molecule has 1 aromatic rings. The van der Waals surface area contributed by atoms with Gasteiger partial charge in [-0.1, -0.05) is 6.07 Å². The number of rotatable bonds is 2. The zero-order valence-corrected chi connectivity index (χ0v) is 11.4. The van der Waals surface area contributed by atoms with Crippen LogP contribution in [0.4, 0.5) is 0 Å². The molecule has 1 saturated carbocycles. The molecule has 0 bridgehead atoms. The minimum Gasteiger partial charge on any atom is -0.314 e. The van der Waals surface area contributed by atoms with Gasteiger partial charge in [-0.15, -0.1) is 0 Å². The van der Waals surface area contributed by atoms with Crippen LogP contribution in [0.3, 0.4) is 0 Å². The van der Waals surface area contributed by atoms with Gasteiger partial charge in [0.2, 0.25) is 0 Å². The lowest BCUT2D eigenvalue weighted by atomic mass is 10.0. The van der Waals surface area contributed by atoms with E-state index in [2.05, 4.69) is 41.2 Å². The van der Waals surface area contributed by atoms with E-state index in [1.165, 1.54) is 31.6 Å². The average Bonchev–Trinajstić information content (AvgIpc) is 3.10. The second-order valence-electron chi connectivity index (χ2n) is 6.59. The van der Waals surface area contributed by atoms with Gasteiger partial charge in [-0.05, 0) is 44.2 Å². The molecule has 1 aliphatic carbocycles. The third-order valence-electron chi connectivity index (χ3n) is 4.48. The highest BCUT2D eigenvalue weighted by Gasteiger charge is 2.47. The molecule has 1 saturated heterocycles. The summed E-state index contributed by atoms with van der Waals surface area (Å²) in [5.74, 6) is 0. The highest BCUT2D eigenvalue weighted by Crippen LogP contribution is 2.47. The maximum atomic E-state index is 4.48. The molecular formula is C15H23N3. The molecule has 0 radical (unpaired) electrons. The van der Waals surface area contributed by atoms with Gasteiger partial charge in [0.05, 0.1) is 5.69 Å². The summed E-state index contributed by atoms with van der Waals surface area (Å²) in [6.07, 6.45) is 4.66. The van der Waals surface area contributed by atoms with Crippen LogP contribution in [0.25, 0.3) is 0 Å². The molecule has 1 spiro atoms. The number of aromatic nitrogens is 1. The Kier molecular flexibility index (Phi) is 2.91. The molecule has 18 heavy (non-hydrogen) atoms. The summed E-state index contributed by atoms with van der Waals surface area (Å²) < 4.78 is 0. The van der Waals surface area contributed by atoms with E-state index in [4.69, 9.17) is 0 Å². The molecule has 0 aromatic carbocycles. The molecule has 0 amide bonds. The van der Waals surface area contributed by atoms with E-state index in [0.29, 0.717) is 5.41 Å². The monoisotopic (exact) mass is 245 g/mol. The number of hydrogen-bond acceptors (Lipinski definition) is 3. The van der Waals surface area contributed by atoms with E-state index in [1.54, 1.807) is 0 Å². The Balaban J connectivity index is 1.78. The van der Waals surface area contributed by atoms with E-state index in [1.807, 2.05) is 12.3 Å². The van der Waals surface area contributed by atoms with Crippen molar-refractivity contribution in [1.29, 1.82) is 0 Å². The zero-order chi connectivity index (χ0) is 12.6. The molecule has 1 aromatic heterocycles. The Hall–Kier alpha value is -0.930. The smallest absolute Gasteiger partial charge is 0.0544 e. The van der Waals surface area contributed by atoms with Gasteiger partial charge in [0, 0.05) is 37.9 Å². The molecule has 2 heterocycles. The first-order valence-corrected chi connectivity index (χ1v) is 6.95. The van der Waals surface area contributed by atoms with Crippen molar-refractivity contribution < 1.29 is 0 Å². The van der Waals surface area contributed by atoms with Gasteiger partial charge in [-0.2, -0.15) is 0 Å². The summed E-state index contributed by atoms with van der Waals surface area (Å²) in [6, 6.07) is 6.20. The van der Waals surface area contributed by atoms with Crippen LogP contribution in [-0.4, -0.2) is 35.1 Å². The lowest BCUT2D eigenvalue weighted by molar-refractivity contribution is 0.105. The fourth-order valence-corrected chi connectivity index (χ4v) is 2.89. The van der Waals surface area contributed by atoms with E-state index >= 15 is 0 Å². The summed E-state index contributed by atoms with van der Waals surface area (Å²) in [5, 5.41) is 3.64. The molecule has 2 fully saturated rings. The first-order valence-electron chi connectivity index (χ1n) is 6.95. The predicted octanol–water partition coefficient (Wildman–Crippen LogP) is 2.05. The van der Waals surface area contributed by atoms with Gasteiger partial charge in [-0.25, -0.2) is 0 Å². The summed E-state index contributed by atoms with van der Waals surface area (Å²) in [5.41, 5.74) is 1.95. The van der Waals surface area contributed by atoms with Crippen LogP contribution >= 0.6 is 0 Å². The quantitative estimate of drug-likeness (QED) is 0.864. The van der Waals surface area contributed by atoms with Crippen molar-refractivity contribution in [1.82, 2.24) is 15.2 Å².